The van der Waals surface area contributed by atoms with E-state index in [4.69, 9.17) is 37.0 Å². The van der Waals surface area contributed by atoms with Gasteiger partial charge in [-0.1, -0.05) is 414 Å². The fourth-order valence-corrected chi connectivity index (χ4v) is 15.2. The minimum atomic E-state index is -4.97. The third-order valence-corrected chi connectivity index (χ3v) is 22.4. The Labute approximate surface area is 651 Å². The number of phosphoric ester groups is 2. The summed E-state index contributed by atoms with van der Waals surface area (Å²) in [4.78, 5) is 73.3. The number of hydrogen-bond donors (Lipinski definition) is 3. The molecule has 3 N–H and O–H groups in total. The van der Waals surface area contributed by atoms with E-state index in [1.165, 1.54) is 283 Å². The average molecular weight is 1550 g/mol. The average Bonchev–Trinajstić information content (AvgIpc) is 0.901. The highest BCUT2D eigenvalue weighted by molar-refractivity contribution is 7.47. The first kappa shape index (κ1) is 104. The van der Waals surface area contributed by atoms with Crippen molar-refractivity contribution in [1.29, 1.82) is 0 Å². The van der Waals surface area contributed by atoms with Crippen LogP contribution in [0, 0.1) is 11.8 Å². The van der Waals surface area contributed by atoms with E-state index in [1.54, 1.807) is 0 Å². The van der Waals surface area contributed by atoms with Crippen LogP contribution in [-0.4, -0.2) is 96.7 Å². The second-order valence-electron chi connectivity index (χ2n) is 32.2. The van der Waals surface area contributed by atoms with Crippen molar-refractivity contribution in [3.8, 4) is 0 Å². The van der Waals surface area contributed by atoms with Gasteiger partial charge in [0.1, 0.15) is 19.3 Å². The van der Waals surface area contributed by atoms with E-state index < -0.39 is 97.5 Å². The molecule has 106 heavy (non-hydrogen) atoms. The summed E-state index contributed by atoms with van der Waals surface area (Å²) in [5, 5.41) is 10.7. The topological polar surface area (TPSA) is 237 Å². The van der Waals surface area contributed by atoms with Crippen LogP contribution < -0.4 is 0 Å². The predicted octanol–water partition coefficient (Wildman–Crippen LogP) is 26.6. The monoisotopic (exact) mass is 1550 g/mol. The zero-order valence-electron chi connectivity index (χ0n) is 69.7. The van der Waals surface area contributed by atoms with Crippen molar-refractivity contribution in [2.75, 3.05) is 39.6 Å². The van der Waals surface area contributed by atoms with E-state index in [0.717, 1.165) is 102 Å². The fraction of sp³-hybridized carbons (Fsp3) is 0.954. The summed E-state index contributed by atoms with van der Waals surface area (Å²) in [5.41, 5.74) is 0. The highest BCUT2D eigenvalue weighted by atomic mass is 31.2. The summed E-state index contributed by atoms with van der Waals surface area (Å²) in [5.74, 6) is -0.550. The number of hydrogen-bond acceptors (Lipinski definition) is 15. The number of aliphatic hydroxyl groups is 1. The van der Waals surface area contributed by atoms with Crippen LogP contribution in [0.5, 0.6) is 0 Å². The minimum Gasteiger partial charge on any atom is -0.462 e. The summed E-state index contributed by atoms with van der Waals surface area (Å²) >= 11 is 0. The van der Waals surface area contributed by atoms with Crippen LogP contribution in [-0.2, 0) is 65.4 Å². The highest BCUT2D eigenvalue weighted by Gasteiger charge is 2.30. The van der Waals surface area contributed by atoms with Gasteiger partial charge >= 0.3 is 39.5 Å². The number of carbonyl (C=O) groups excluding carboxylic acids is 4. The Morgan fingerprint density at radius 3 is 0.642 bits per heavy atom. The van der Waals surface area contributed by atoms with Crippen molar-refractivity contribution < 1.29 is 80.2 Å². The van der Waals surface area contributed by atoms with Crippen molar-refractivity contribution in [1.82, 2.24) is 0 Å². The van der Waals surface area contributed by atoms with Gasteiger partial charge in [-0.25, -0.2) is 9.13 Å². The zero-order valence-corrected chi connectivity index (χ0v) is 71.5. The van der Waals surface area contributed by atoms with Gasteiger partial charge in [-0.15, -0.1) is 0 Å². The van der Waals surface area contributed by atoms with Crippen molar-refractivity contribution in [3.05, 3.63) is 0 Å². The molecule has 0 aromatic carbocycles. The molecule has 630 valence electrons. The molecule has 0 heterocycles. The van der Waals surface area contributed by atoms with Crippen LogP contribution in [0.2, 0.25) is 0 Å². The Kier molecular flexibility index (Phi) is 76.9. The maximum Gasteiger partial charge on any atom is 0.472 e. The standard InChI is InChI=1S/C87H170O17P2/c1-7-9-11-13-15-17-19-21-23-24-25-26-27-28-29-32-37-41-47-54-60-66-72-87(92)103-82(75-97-84(89)69-63-57-51-45-39-36-33-30-31-34-38-43-49-55-61-67-79(3)4)77-101-105(93,94)99-73-81(88)74-100-106(95,96)102-78-83(76-98-85(90)70-64-58-52-48-42-44-50-56-62-68-80(5)6)104-86(91)71-65-59-53-46-40-35-22-20-18-16-14-12-10-8-2/h79-83,88H,7-78H2,1-6H3,(H,93,94)(H,95,96)/t81-,82-,83-/m1/s1. The quantitative estimate of drug-likeness (QED) is 0.0222. The van der Waals surface area contributed by atoms with Gasteiger partial charge < -0.3 is 33.8 Å². The molecule has 0 aromatic rings. The van der Waals surface area contributed by atoms with Gasteiger partial charge in [0.2, 0.25) is 0 Å². The van der Waals surface area contributed by atoms with Crippen molar-refractivity contribution in [2.45, 2.75) is 484 Å². The minimum absolute atomic E-state index is 0.108. The van der Waals surface area contributed by atoms with E-state index in [2.05, 4.69) is 41.5 Å². The largest absolute Gasteiger partial charge is 0.472 e. The molecule has 0 fully saturated rings. The van der Waals surface area contributed by atoms with E-state index in [0.29, 0.717) is 25.7 Å². The molecule has 0 saturated carbocycles. The first-order valence-electron chi connectivity index (χ1n) is 45.0. The molecule has 0 amide bonds. The Hall–Kier alpha value is -1.94. The number of carbonyl (C=O) groups is 4. The molecule has 5 atom stereocenters. The molecule has 19 heteroatoms. The summed E-state index contributed by atoms with van der Waals surface area (Å²) in [6.07, 6.45) is 70.9. The third-order valence-electron chi connectivity index (χ3n) is 20.5. The number of unbranched alkanes of at least 4 members (excludes halogenated alkanes) is 56. The molecule has 0 saturated heterocycles. The SMILES string of the molecule is CCCCCCCCCCCCCCCCCCCCCCCCC(=O)O[C@H](COC(=O)CCCCCCCCCCCCCCCCCC(C)C)COP(=O)(O)OC[C@@H](O)COP(=O)(O)OC[C@@H](COC(=O)CCCCCCCCCCCC(C)C)OC(=O)CCCCCCCCCCCCCCCC. The molecule has 0 radical (unpaired) electrons. The Balaban J connectivity index is 5.23. The van der Waals surface area contributed by atoms with E-state index in [1.807, 2.05) is 0 Å². The van der Waals surface area contributed by atoms with E-state index in [-0.39, 0.29) is 25.7 Å². The number of phosphoric acid groups is 2. The van der Waals surface area contributed by atoms with Crippen LogP contribution in [0.1, 0.15) is 465 Å². The molecule has 0 rings (SSSR count). The lowest BCUT2D eigenvalue weighted by Gasteiger charge is -2.21. The molecular weight excluding hydrogens is 1380 g/mol. The first-order valence-corrected chi connectivity index (χ1v) is 48.0. The van der Waals surface area contributed by atoms with Gasteiger partial charge in [-0.2, -0.15) is 0 Å². The number of rotatable bonds is 86. The number of ether oxygens (including phenoxy) is 4. The van der Waals surface area contributed by atoms with E-state index in [9.17, 15) is 43.2 Å². The molecule has 0 aliphatic carbocycles. The third kappa shape index (κ3) is 80.1. The Morgan fingerprint density at radius 2 is 0.434 bits per heavy atom. The normalized spacial score (nSPS) is 13.8. The van der Waals surface area contributed by atoms with Crippen LogP contribution in [0.25, 0.3) is 0 Å². The van der Waals surface area contributed by atoms with Gasteiger partial charge in [0.05, 0.1) is 26.4 Å². The predicted molar refractivity (Wildman–Crippen MR) is 437 cm³/mol. The lowest BCUT2D eigenvalue weighted by Crippen LogP contribution is -2.30. The lowest BCUT2D eigenvalue weighted by atomic mass is 10.0. The zero-order chi connectivity index (χ0) is 77.8. The summed E-state index contributed by atoms with van der Waals surface area (Å²) < 4.78 is 68.9. The molecule has 0 aromatic heterocycles. The van der Waals surface area contributed by atoms with Crippen molar-refractivity contribution >= 4 is 39.5 Å². The molecular formula is C87H170O17P2. The van der Waals surface area contributed by atoms with Gasteiger partial charge in [-0.3, -0.25) is 37.3 Å². The van der Waals surface area contributed by atoms with E-state index >= 15 is 0 Å². The maximum atomic E-state index is 13.2. The number of esters is 4. The fourth-order valence-electron chi connectivity index (χ4n) is 13.6. The molecule has 17 nitrogen and oxygen atoms in total. The van der Waals surface area contributed by atoms with Gasteiger partial charge in [-0.05, 0) is 37.5 Å². The molecule has 0 aliphatic heterocycles. The van der Waals surface area contributed by atoms with Crippen LogP contribution in [0.3, 0.4) is 0 Å². The maximum absolute atomic E-state index is 13.2. The molecule has 0 aliphatic rings. The highest BCUT2D eigenvalue weighted by Crippen LogP contribution is 2.45. The Morgan fingerprint density at radius 1 is 0.255 bits per heavy atom. The van der Waals surface area contributed by atoms with Gasteiger partial charge in [0.15, 0.2) is 12.2 Å². The van der Waals surface area contributed by atoms with Crippen molar-refractivity contribution in [2.24, 2.45) is 11.8 Å². The molecule has 0 spiro atoms. The van der Waals surface area contributed by atoms with Crippen LogP contribution in [0.4, 0.5) is 0 Å². The van der Waals surface area contributed by atoms with Crippen LogP contribution in [0.15, 0.2) is 0 Å². The second kappa shape index (κ2) is 78.3. The summed E-state index contributed by atoms with van der Waals surface area (Å²) in [6.45, 7) is 9.69. The Bertz CT molecular complexity index is 2030. The summed E-state index contributed by atoms with van der Waals surface area (Å²) in [7, 11) is -9.93. The second-order valence-corrected chi connectivity index (χ2v) is 35.1. The van der Waals surface area contributed by atoms with Gasteiger partial charge in [0, 0.05) is 25.7 Å². The molecule has 0 bridgehead atoms. The van der Waals surface area contributed by atoms with Crippen molar-refractivity contribution in [3.63, 3.8) is 0 Å². The number of aliphatic hydroxyl groups excluding tert-OH is 1. The first-order chi connectivity index (χ1) is 51.4. The smallest absolute Gasteiger partial charge is 0.462 e. The summed E-state index contributed by atoms with van der Waals surface area (Å²) in [6, 6.07) is 0. The van der Waals surface area contributed by atoms with Crippen LogP contribution >= 0.6 is 15.6 Å². The molecule has 2 unspecified atom stereocenters. The van der Waals surface area contributed by atoms with Gasteiger partial charge in [0.25, 0.3) is 0 Å². The lowest BCUT2D eigenvalue weighted by molar-refractivity contribution is -0.161.